The number of halogens is 1. The van der Waals surface area contributed by atoms with Crippen LogP contribution in [0, 0.1) is 6.92 Å². The molecule has 0 bridgehead atoms. The van der Waals surface area contributed by atoms with Crippen LogP contribution in [0.1, 0.15) is 10.6 Å². The maximum Gasteiger partial charge on any atom is 0.264 e. The van der Waals surface area contributed by atoms with Gasteiger partial charge in [-0.1, -0.05) is 23.7 Å². The third-order valence-electron chi connectivity index (χ3n) is 3.30. The van der Waals surface area contributed by atoms with Gasteiger partial charge in [0.05, 0.1) is 26.5 Å². The molecule has 0 atom stereocenters. The third kappa shape index (κ3) is 3.75. The predicted molar refractivity (Wildman–Crippen MR) is 94.8 cm³/mol. The lowest BCUT2D eigenvalue weighted by Crippen LogP contribution is -2.31. The van der Waals surface area contributed by atoms with E-state index in [1.54, 1.807) is 30.3 Å². The second-order valence-corrected chi connectivity index (χ2v) is 8.55. The van der Waals surface area contributed by atoms with Crippen LogP contribution < -0.4 is 4.72 Å². The number of amides is 1. The number of nitrogens with zero attached hydrogens (tertiary/aromatic N) is 1. The van der Waals surface area contributed by atoms with E-state index in [-0.39, 0.29) is 11.3 Å². The van der Waals surface area contributed by atoms with Crippen molar-refractivity contribution in [1.82, 2.24) is 9.71 Å². The fraction of sp³-hybridized carbons (Fsp3) is 0.125. The van der Waals surface area contributed by atoms with Gasteiger partial charge in [-0.3, -0.25) is 4.79 Å². The molecule has 1 amide bonds. The summed E-state index contributed by atoms with van der Waals surface area (Å²) in [6, 6.07) is 11.3. The molecule has 0 aliphatic carbocycles. The molecular formula is C16H13ClN2O3S2. The van der Waals surface area contributed by atoms with Crippen molar-refractivity contribution in [3.63, 3.8) is 0 Å². The van der Waals surface area contributed by atoms with E-state index in [1.165, 1.54) is 23.5 Å². The van der Waals surface area contributed by atoms with Gasteiger partial charge in [-0.05, 0) is 42.8 Å². The van der Waals surface area contributed by atoms with Gasteiger partial charge in [0, 0.05) is 5.02 Å². The molecule has 124 valence electrons. The van der Waals surface area contributed by atoms with Crippen molar-refractivity contribution in [3.05, 3.63) is 58.1 Å². The van der Waals surface area contributed by atoms with Gasteiger partial charge in [0.25, 0.3) is 10.0 Å². The molecule has 0 saturated carbocycles. The van der Waals surface area contributed by atoms with Crippen molar-refractivity contribution in [2.45, 2.75) is 18.2 Å². The molecule has 0 aliphatic heterocycles. The van der Waals surface area contributed by atoms with Gasteiger partial charge in [-0.2, -0.15) is 0 Å². The molecule has 3 rings (SSSR count). The zero-order valence-electron chi connectivity index (χ0n) is 12.6. The van der Waals surface area contributed by atoms with E-state index in [0.717, 1.165) is 15.2 Å². The number of carbonyl (C=O) groups is 1. The van der Waals surface area contributed by atoms with Crippen LogP contribution in [0.25, 0.3) is 10.2 Å². The molecule has 1 N–H and O–H groups in total. The Labute approximate surface area is 148 Å². The number of sulfonamides is 1. The first-order valence-electron chi connectivity index (χ1n) is 7.01. The minimum Gasteiger partial charge on any atom is -0.274 e. The standard InChI is InChI=1S/C16H13ClN2O3S2/c1-10-18-14-7-6-13(9-15(14)23-10)24(21,22)19-16(20)8-11-2-4-12(17)5-3-11/h2-7,9H,8H2,1H3,(H,19,20). The van der Waals surface area contributed by atoms with Gasteiger partial charge >= 0.3 is 0 Å². The predicted octanol–water partition coefficient (Wildman–Crippen LogP) is 3.31. The van der Waals surface area contributed by atoms with Crippen molar-refractivity contribution in [1.29, 1.82) is 0 Å². The smallest absolute Gasteiger partial charge is 0.264 e. The number of hydrogen-bond donors (Lipinski definition) is 1. The molecule has 5 nitrogen and oxygen atoms in total. The van der Waals surface area contributed by atoms with Gasteiger partial charge in [-0.25, -0.2) is 18.1 Å². The van der Waals surface area contributed by atoms with Crippen LogP contribution in [0.15, 0.2) is 47.4 Å². The topological polar surface area (TPSA) is 76.1 Å². The quantitative estimate of drug-likeness (QED) is 0.753. The van der Waals surface area contributed by atoms with Crippen molar-refractivity contribution in [2.75, 3.05) is 0 Å². The SMILES string of the molecule is Cc1nc2ccc(S(=O)(=O)NC(=O)Cc3ccc(Cl)cc3)cc2s1. The molecule has 3 aromatic rings. The van der Waals surface area contributed by atoms with E-state index in [0.29, 0.717) is 10.6 Å². The number of nitrogens with one attached hydrogen (secondary N) is 1. The van der Waals surface area contributed by atoms with Crippen molar-refractivity contribution >= 4 is 49.1 Å². The van der Waals surface area contributed by atoms with Crippen LogP contribution in [0.2, 0.25) is 5.02 Å². The summed E-state index contributed by atoms with van der Waals surface area (Å²) in [4.78, 5) is 16.4. The molecule has 24 heavy (non-hydrogen) atoms. The Balaban J connectivity index is 1.78. The van der Waals surface area contributed by atoms with Crippen LogP contribution in [0.5, 0.6) is 0 Å². The van der Waals surface area contributed by atoms with Gasteiger partial charge in [0.1, 0.15) is 0 Å². The summed E-state index contributed by atoms with van der Waals surface area (Å²) in [5.41, 5.74) is 1.42. The van der Waals surface area contributed by atoms with Gasteiger partial charge in [0.2, 0.25) is 5.91 Å². The summed E-state index contributed by atoms with van der Waals surface area (Å²) in [6.45, 7) is 1.85. The molecule has 0 saturated heterocycles. The van der Waals surface area contributed by atoms with Crippen molar-refractivity contribution in [3.8, 4) is 0 Å². The Morgan fingerprint density at radius 3 is 2.62 bits per heavy atom. The second-order valence-electron chi connectivity index (χ2n) is 5.19. The number of aromatic nitrogens is 1. The normalized spacial score (nSPS) is 11.6. The lowest BCUT2D eigenvalue weighted by atomic mass is 10.1. The van der Waals surface area contributed by atoms with Gasteiger partial charge in [-0.15, -0.1) is 11.3 Å². The molecule has 0 unspecified atom stereocenters. The maximum absolute atomic E-state index is 12.4. The van der Waals surface area contributed by atoms with E-state index in [2.05, 4.69) is 9.71 Å². The largest absolute Gasteiger partial charge is 0.274 e. The van der Waals surface area contributed by atoms with Crippen LogP contribution in [-0.4, -0.2) is 19.3 Å². The summed E-state index contributed by atoms with van der Waals surface area (Å²) in [5.74, 6) is -0.599. The molecular weight excluding hydrogens is 368 g/mol. The number of aryl methyl sites for hydroxylation is 1. The summed E-state index contributed by atoms with van der Waals surface area (Å²) >= 11 is 7.19. The number of rotatable bonds is 4. The highest BCUT2D eigenvalue weighted by atomic mass is 35.5. The zero-order chi connectivity index (χ0) is 17.3. The fourth-order valence-corrected chi connectivity index (χ4v) is 4.30. The van der Waals surface area contributed by atoms with Crippen LogP contribution in [-0.2, 0) is 21.2 Å². The zero-order valence-corrected chi connectivity index (χ0v) is 15.0. The minimum absolute atomic E-state index is 0.0433. The Kier molecular flexibility index (Phi) is 4.58. The molecule has 1 aromatic heterocycles. The molecule has 2 aromatic carbocycles. The maximum atomic E-state index is 12.4. The Hall–Kier alpha value is -1.96. The van der Waals surface area contributed by atoms with E-state index in [4.69, 9.17) is 11.6 Å². The number of thiazole rings is 1. The van der Waals surface area contributed by atoms with Crippen LogP contribution in [0.3, 0.4) is 0 Å². The monoisotopic (exact) mass is 380 g/mol. The molecule has 0 spiro atoms. The molecule has 0 radical (unpaired) electrons. The van der Waals surface area contributed by atoms with Gasteiger partial charge in [0.15, 0.2) is 0 Å². The lowest BCUT2D eigenvalue weighted by Gasteiger charge is -2.07. The average Bonchev–Trinajstić information content (AvgIpc) is 2.88. The summed E-state index contributed by atoms with van der Waals surface area (Å²) in [7, 11) is -3.92. The Morgan fingerprint density at radius 1 is 1.21 bits per heavy atom. The average molecular weight is 381 g/mol. The van der Waals surface area contributed by atoms with Crippen LogP contribution >= 0.6 is 22.9 Å². The van der Waals surface area contributed by atoms with E-state index < -0.39 is 15.9 Å². The fourth-order valence-electron chi connectivity index (χ4n) is 2.22. The van der Waals surface area contributed by atoms with Crippen LogP contribution in [0.4, 0.5) is 0 Å². The van der Waals surface area contributed by atoms with Crippen molar-refractivity contribution < 1.29 is 13.2 Å². The summed E-state index contributed by atoms with van der Waals surface area (Å²) < 4.78 is 27.6. The molecule has 0 aliphatic rings. The first kappa shape index (κ1) is 16.9. The number of benzene rings is 2. The molecule has 1 heterocycles. The summed E-state index contributed by atoms with van der Waals surface area (Å²) in [6.07, 6.45) is -0.0433. The highest BCUT2D eigenvalue weighted by Gasteiger charge is 2.19. The first-order valence-corrected chi connectivity index (χ1v) is 9.68. The Bertz CT molecular complexity index is 1010. The minimum atomic E-state index is -3.92. The molecule has 8 heteroatoms. The number of hydrogen-bond acceptors (Lipinski definition) is 5. The van der Waals surface area contributed by atoms with E-state index in [1.807, 2.05) is 6.92 Å². The number of fused-ring (bicyclic) bond motifs is 1. The highest BCUT2D eigenvalue weighted by molar-refractivity contribution is 7.90. The number of carbonyl (C=O) groups excluding carboxylic acids is 1. The first-order chi connectivity index (χ1) is 11.3. The van der Waals surface area contributed by atoms with E-state index in [9.17, 15) is 13.2 Å². The van der Waals surface area contributed by atoms with E-state index >= 15 is 0 Å². The Morgan fingerprint density at radius 2 is 1.92 bits per heavy atom. The molecule has 0 fully saturated rings. The second kappa shape index (κ2) is 6.51. The third-order valence-corrected chi connectivity index (χ3v) is 5.86. The van der Waals surface area contributed by atoms with Crippen molar-refractivity contribution in [2.24, 2.45) is 0 Å². The van der Waals surface area contributed by atoms with Gasteiger partial charge < -0.3 is 0 Å². The highest BCUT2D eigenvalue weighted by Crippen LogP contribution is 2.24. The summed E-state index contributed by atoms with van der Waals surface area (Å²) in [5, 5.41) is 1.41. The lowest BCUT2D eigenvalue weighted by molar-refractivity contribution is -0.118.